The van der Waals surface area contributed by atoms with Crippen LogP contribution in [0.2, 0.25) is 0 Å². The number of nitrogens with one attached hydrogen (secondary N) is 1. The monoisotopic (exact) mass is 481 g/mol. The molecule has 2 heterocycles. The number of hydrogen-bond donors (Lipinski definition) is 1. The Morgan fingerprint density at radius 3 is 2.27 bits per heavy atom. The van der Waals surface area contributed by atoms with E-state index < -0.39 is 45.1 Å². The van der Waals surface area contributed by atoms with Crippen molar-refractivity contribution in [2.24, 2.45) is 0 Å². The molecule has 0 aromatic heterocycles. The molecule has 2 aliphatic heterocycles. The highest BCUT2D eigenvalue weighted by molar-refractivity contribution is 7.92. The Morgan fingerprint density at radius 2 is 1.76 bits per heavy atom. The Morgan fingerprint density at radius 1 is 1.15 bits per heavy atom. The summed E-state index contributed by atoms with van der Waals surface area (Å²) in [6.07, 6.45) is 3.58. The van der Waals surface area contributed by atoms with Gasteiger partial charge in [-0.15, -0.1) is 0 Å². The van der Waals surface area contributed by atoms with E-state index >= 15 is 0 Å². The van der Waals surface area contributed by atoms with E-state index in [0.717, 1.165) is 30.1 Å². The number of carbonyl (C=O) groups is 1. The zero-order chi connectivity index (χ0) is 24.5. The minimum atomic E-state index is -3.71. The van der Waals surface area contributed by atoms with Crippen LogP contribution in [0.1, 0.15) is 65.9 Å². The average molecular weight is 481 g/mol. The maximum absolute atomic E-state index is 12.8. The zero-order valence-corrected chi connectivity index (χ0v) is 21.3. The fraction of sp³-hybridized carbons (Fsp3) is 0.696. The van der Waals surface area contributed by atoms with Crippen LogP contribution in [0.3, 0.4) is 0 Å². The lowest BCUT2D eigenvalue weighted by atomic mass is 9.78. The normalized spacial score (nSPS) is 24.3. The summed E-state index contributed by atoms with van der Waals surface area (Å²) in [5.41, 5.74) is 3.27. The van der Waals surface area contributed by atoms with Crippen LogP contribution < -0.4 is 10.9 Å². The van der Waals surface area contributed by atoms with Gasteiger partial charge in [-0.1, -0.05) is 24.3 Å². The molecule has 0 saturated carbocycles. The first-order chi connectivity index (χ1) is 15.3. The molecule has 8 nitrogen and oxygen atoms in total. The topological polar surface area (TPSA) is 100 Å². The van der Waals surface area contributed by atoms with Gasteiger partial charge in [0.2, 0.25) is 0 Å². The van der Waals surface area contributed by atoms with Gasteiger partial charge in [0, 0.05) is 19.3 Å². The summed E-state index contributed by atoms with van der Waals surface area (Å²) in [6.45, 7) is 10.0. The molecule has 2 fully saturated rings. The Balaban J connectivity index is 1.63. The molecule has 0 bridgehead atoms. The molecule has 1 aromatic carbocycles. The summed E-state index contributed by atoms with van der Waals surface area (Å²) in [7, 11) is -4.17. The van der Waals surface area contributed by atoms with Gasteiger partial charge in [0.15, 0.2) is 16.1 Å². The van der Waals surface area contributed by atoms with Gasteiger partial charge in [0.1, 0.15) is 4.75 Å². The minimum absolute atomic E-state index is 0.113. The number of hydrogen-bond acceptors (Lipinski definition) is 7. The Labute approximate surface area is 197 Å². The first kappa shape index (κ1) is 26.2. The van der Waals surface area contributed by atoms with Crippen LogP contribution in [-0.2, 0) is 39.9 Å². The molecule has 0 aliphatic carbocycles. The molecule has 0 spiro atoms. The summed E-state index contributed by atoms with van der Waals surface area (Å²) >= 11 is 0. The second-order valence-corrected chi connectivity index (χ2v) is 12.6. The van der Waals surface area contributed by atoms with Crippen LogP contribution in [0.5, 0.6) is 0 Å². The molecular weight excluding hydrogens is 445 g/mol. The van der Waals surface area contributed by atoms with Gasteiger partial charge in [-0.3, -0.25) is 4.79 Å². The summed E-state index contributed by atoms with van der Waals surface area (Å²) in [4.78, 5) is 18.2. The lowest BCUT2D eigenvalue weighted by Crippen LogP contribution is -2.51. The number of rotatable bonds is 8. The SMILES string of the molecule is CC1(C)OB(c2ccc(CC[C@](C)(C(=O)NOC3CCCCO3)S(C)(=O)=O)cc2)OC1(C)C. The number of ether oxygens (including phenoxy) is 1. The van der Waals surface area contributed by atoms with E-state index in [1.807, 2.05) is 52.0 Å². The molecule has 1 aromatic rings. The van der Waals surface area contributed by atoms with E-state index in [2.05, 4.69) is 5.48 Å². The van der Waals surface area contributed by atoms with Gasteiger partial charge >= 0.3 is 7.12 Å². The average Bonchev–Trinajstić information content (AvgIpc) is 2.97. The second-order valence-electron chi connectivity index (χ2n) is 10.2. The van der Waals surface area contributed by atoms with Crippen molar-refractivity contribution in [2.45, 2.75) is 89.0 Å². The lowest BCUT2D eigenvalue weighted by Gasteiger charge is -2.32. The minimum Gasteiger partial charge on any atom is -0.399 e. The van der Waals surface area contributed by atoms with Crippen molar-refractivity contribution >= 4 is 28.3 Å². The predicted molar refractivity (Wildman–Crippen MR) is 127 cm³/mol. The van der Waals surface area contributed by atoms with E-state index in [0.29, 0.717) is 19.4 Å². The van der Waals surface area contributed by atoms with Crippen molar-refractivity contribution in [2.75, 3.05) is 12.9 Å². The molecule has 1 N–H and O–H groups in total. The number of amides is 1. The Kier molecular flexibility index (Phi) is 7.65. The summed E-state index contributed by atoms with van der Waals surface area (Å²) in [5, 5.41) is 0. The highest BCUT2D eigenvalue weighted by atomic mass is 32.2. The highest BCUT2D eigenvalue weighted by Gasteiger charge is 2.51. The van der Waals surface area contributed by atoms with Crippen molar-refractivity contribution in [3.05, 3.63) is 29.8 Å². The maximum Gasteiger partial charge on any atom is 0.494 e. The highest BCUT2D eigenvalue weighted by Crippen LogP contribution is 2.36. The predicted octanol–water partition coefficient (Wildman–Crippen LogP) is 2.30. The van der Waals surface area contributed by atoms with E-state index in [4.69, 9.17) is 18.9 Å². The van der Waals surface area contributed by atoms with Crippen LogP contribution >= 0.6 is 0 Å². The van der Waals surface area contributed by atoms with Gasteiger partial charge in [0.25, 0.3) is 5.91 Å². The molecule has 1 amide bonds. The van der Waals surface area contributed by atoms with E-state index in [1.54, 1.807) is 0 Å². The number of hydroxylamine groups is 1. The molecule has 1 unspecified atom stereocenters. The van der Waals surface area contributed by atoms with Crippen LogP contribution in [0.15, 0.2) is 24.3 Å². The quantitative estimate of drug-likeness (QED) is 0.449. The van der Waals surface area contributed by atoms with Crippen LogP contribution in [-0.4, -0.2) is 56.5 Å². The fourth-order valence-electron chi connectivity index (χ4n) is 3.70. The van der Waals surface area contributed by atoms with E-state index in [1.165, 1.54) is 6.92 Å². The molecular formula is C23H36BNO7S. The first-order valence-corrected chi connectivity index (χ1v) is 13.4. The number of benzene rings is 1. The van der Waals surface area contributed by atoms with Gasteiger partial charge in [-0.05, 0) is 71.3 Å². The second kappa shape index (κ2) is 9.66. The maximum atomic E-state index is 12.8. The Hall–Kier alpha value is -1.46. The summed E-state index contributed by atoms with van der Waals surface area (Å²) in [6, 6.07) is 7.65. The third-order valence-corrected chi connectivity index (χ3v) is 9.14. The molecule has 10 heteroatoms. The number of sulfone groups is 1. The van der Waals surface area contributed by atoms with Crippen molar-refractivity contribution in [3.8, 4) is 0 Å². The van der Waals surface area contributed by atoms with Crippen molar-refractivity contribution in [1.82, 2.24) is 5.48 Å². The van der Waals surface area contributed by atoms with E-state index in [9.17, 15) is 13.2 Å². The zero-order valence-electron chi connectivity index (χ0n) is 20.5. The third kappa shape index (κ3) is 5.79. The number of aryl methyl sites for hydroxylation is 1. The van der Waals surface area contributed by atoms with Crippen molar-refractivity contribution in [1.29, 1.82) is 0 Å². The van der Waals surface area contributed by atoms with Gasteiger partial charge in [-0.25, -0.2) is 18.7 Å². The smallest absolute Gasteiger partial charge is 0.399 e. The van der Waals surface area contributed by atoms with E-state index in [-0.39, 0.29) is 6.42 Å². The van der Waals surface area contributed by atoms with Gasteiger partial charge in [0.05, 0.1) is 11.2 Å². The van der Waals surface area contributed by atoms with Crippen LogP contribution in [0.25, 0.3) is 0 Å². The lowest BCUT2D eigenvalue weighted by molar-refractivity contribution is -0.201. The van der Waals surface area contributed by atoms with Crippen LogP contribution in [0.4, 0.5) is 0 Å². The molecule has 0 radical (unpaired) electrons. The molecule has 33 heavy (non-hydrogen) atoms. The largest absolute Gasteiger partial charge is 0.494 e. The molecule has 184 valence electrons. The third-order valence-electron chi connectivity index (χ3n) is 7.12. The first-order valence-electron chi connectivity index (χ1n) is 11.5. The van der Waals surface area contributed by atoms with Gasteiger partial charge < -0.3 is 14.0 Å². The fourth-order valence-corrected chi connectivity index (χ4v) is 4.55. The van der Waals surface area contributed by atoms with Gasteiger partial charge in [-0.2, -0.15) is 0 Å². The number of carbonyl (C=O) groups excluding carboxylic acids is 1. The summed E-state index contributed by atoms with van der Waals surface area (Å²) < 4.78 is 41.0. The van der Waals surface area contributed by atoms with Crippen molar-refractivity contribution < 1.29 is 32.1 Å². The van der Waals surface area contributed by atoms with Crippen LogP contribution in [0, 0.1) is 0 Å². The summed E-state index contributed by atoms with van der Waals surface area (Å²) in [5.74, 6) is -0.687. The molecule has 2 atom stereocenters. The molecule has 3 rings (SSSR count). The standard InChI is InChI=1S/C23H36BNO7S/c1-21(2)22(3,4)32-24(31-21)18-12-10-17(11-13-18)14-15-23(5,33(6,27)28)20(26)25-30-19-9-7-8-16-29-19/h10-13,19H,7-9,14-16H2,1-6H3,(H,25,26)/t19?,23-/m1/s1. The molecule has 2 saturated heterocycles. The Bertz CT molecular complexity index is 926. The van der Waals surface area contributed by atoms with Crippen molar-refractivity contribution in [3.63, 3.8) is 0 Å². The molecule has 2 aliphatic rings.